The number of nitrogens with two attached hydrogens (primary N) is 1. The van der Waals surface area contributed by atoms with Crippen LogP contribution in [0.15, 0.2) is 42.9 Å². The van der Waals surface area contributed by atoms with Crippen molar-refractivity contribution in [3.05, 3.63) is 54.1 Å². The molecule has 3 aromatic rings. The van der Waals surface area contributed by atoms with Crippen LogP contribution in [-0.2, 0) is 27.5 Å². The average molecular weight is 443 g/mol. The monoisotopic (exact) mass is 442 g/mol. The number of aryl methyl sites for hydroxylation is 1. The molecule has 174 valence electrons. The lowest BCUT2D eigenvalue weighted by Crippen LogP contribution is -2.30. The van der Waals surface area contributed by atoms with Crippen LogP contribution in [0.5, 0.6) is 5.75 Å². The molecule has 3 heterocycles. The van der Waals surface area contributed by atoms with Crippen molar-refractivity contribution < 1.29 is 18.9 Å². The van der Waals surface area contributed by atoms with Gasteiger partial charge in [-0.25, -0.2) is 9.97 Å². The van der Waals surface area contributed by atoms with Gasteiger partial charge < -0.3 is 29.2 Å². The highest BCUT2D eigenvalue weighted by Crippen LogP contribution is 2.29. The van der Waals surface area contributed by atoms with Crippen molar-refractivity contribution in [1.82, 2.24) is 14.5 Å². The molecule has 2 unspecified atom stereocenters. The quantitative estimate of drug-likeness (QED) is 0.595. The van der Waals surface area contributed by atoms with Crippen molar-refractivity contribution in [2.75, 3.05) is 13.7 Å². The molecule has 0 radical (unpaired) electrons. The van der Waals surface area contributed by atoms with Crippen LogP contribution in [0.25, 0.3) is 11.0 Å². The fourth-order valence-electron chi connectivity index (χ4n) is 3.80. The number of hydrogen-bond donors (Lipinski definition) is 1. The predicted molar refractivity (Wildman–Crippen MR) is 123 cm³/mol. The molecule has 1 saturated heterocycles. The number of aromatic nitrogens is 3. The number of hydrogen-bond acceptors (Lipinski definition) is 7. The summed E-state index contributed by atoms with van der Waals surface area (Å²) in [5.41, 5.74) is 9.33. The molecule has 8 nitrogen and oxygen atoms in total. The van der Waals surface area contributed by atoms with Crippen LogP contribution in [-0.4, -0.2) is 46.2 Å². The molecule has 2 N–H and O–H groups in total. The van der Waals surface area contributed by atoms with E-state index < -0.39 is 5.79 Å². The van der Waals surface area contributed by atoms with Gasteiger partial charge in [-0.1, -0.05) is 37.3 Å². The van der Waals surface area contributed by atoms with Crippen LogP contribution in [0.4, 0.5) is 0 Å². The number of ether oxygens (including phenoxy) is 4. The molecule has 0 amide bonds. The van der Waals surface area contributed by atoms with Gasteiger partial charge in [-0.05, 0) is 32.8 Å². The van der Waals surface area contributed by atoms with E-state index in [9.17, 15) is 0 Å². The third kappa shape index (κ3) is 5.83. The molecule has 8 heteroatoms. The number of benzene rings is 1. The highest BCUT2D eigenvalue weighted by atomic mass is 16.7. The van der Waals surface area contributed by atoms with Crippen molar-refractivity contribution in [2.45, 2.75) is 65.4 Å². The van der Waals surface area contributed by atoms with E-state index in [0.29, 0.717) is 19.9 Å². The van der Waals surface area contributed by atoms with Crippen molar-refractivity contribution in [1.29, 1.82) is 0 Å². The molecule has 0 saturated carbocycles. The highest BCUT2D eigenvalue weighted by molar-refractivity contribution is 5.84. The Labute approximate surface area is 189 Å². The molecule has 1 aliphatic rings. The summed E-state index contributed by atoms with van der Waals surface area (Å²) < 4.78 is 24.3. The van der Waals surface area contributed by atoms with Gasteiger partial charge in [0.25, 0.3) is 0 Å². The van der Waals surface area contributed by atoms with Crippen LogP contribution in [0.1, 0.15) is 38.4 Å². The van der Waals surface area contributed by atoms with Gasteiger partial charge in [0.15, 0.2) is 11.5 Å². The topological polar surface area (TPSA) is 93.7 Å². The number of fused-ring (bicyclic) bond motifs is 1. The Morgan fingerprint density at radius 2 is 1.84 bits per heavy atom. The second-order valence-electron chi connectivity index (χ2n) is 8.14. The van der Waals surface area contributed by atoms with Gasteiger partial charge in [0.2, 0.25) is 0 Å². The van der Waals surface area contributed by atoms with Gasteiger partial charge in [-0.15, -0.1) is 0 Å². The summed E-state index contributed by atoms with van der Waals surface area (Å²) in [5, 5.41) is 0. The van der Waals surface area contributed by atoms with Gasteiger partial charge in [-0.2, -0.15) is 0 Å². The Morgan fingerprint density at radius 1 is 1.12 bits per heavy atom. The SMILES string of the molecule is CCC1OC(C)(C)OC1CN.COc1cn(COCc2ccccc2)c2c(C)ncnc12. The molecule has 2 atom stereocenters. The molecule has 2 aromatic heterocycles. The van der Waals surface area contributed by atoms with E-state index in [-0.39, 0.29) is 12.2 Å². The fourth-order valence-corrected chi connectivity index (χ4v) is 3.80. The summed E-state index contributed by atoms with van der Waals surface area (Å²) in [7, 11) is 1.64. The third-order valence-electron chi connectivity index (χ3n) is 5.28. The maximum absolute atomic E-state index is 5.78. The zero-order chi connectivity index (χ0) is 23.1. The summed E-state index contributed by atoms with van der Waals surface area (Å²) in [4.78, 5) is 8.53. The Kier molecular flexibility index (Phi) is 8.20. The normalized spacial score (nSPS) is 19.6. The van der Waals surface area contributed by atoms with Crippen molar-refractivity contribution >= 4 is 11.0 Å². The van der Waals surface area contributed by atoms with Crippen LogP contribution in [0.3, 0.4) is 0 Å². The van der Waals surface area contributed by atoms with Crippen LogP contribution < -0.4 is 10.5 Å². The van der Waals surface area contributed by atoms with Crippen molar-refractivity contribution in [3.8, 4) is 5.75 Å². The van der Waals surface area contributed by atoms with Crippen LogP contribution >= 0.6 is 0 Å². The van der Waals surface area contributed by atoms with Crippen LogP contribution in [0, 0.1) is 6.92 Å². The van der Waals surface area contributed by atoms with Crippen LogP contribution in [0.2, 0.25) is 0 Å². The molecule has 0 bridgehead atoms. The Morgan fingerprint density at radius 3 is 2.47 bits per heavy atom. The van der Waals surface area contributed by atoms with E-state index in [0.717, 1.165) is 34.5 Å². The van der Waals surface area contributed by atoms with Gasteiger partial charge in [-0.3, -0.25) is 0 Å². The zero-order valence-electron chi connectivity index (χ0n) is 19.6. The smallest absolute Gasteiger partial charge is 0.163 e. The molecule has 0 aliphatic carbocycles. The molecular formula is C24H34N4O4. The van der Waals surface area contributed by atoms with E-state index in [1.165, 1.54) is 0 Å². The lowest BCUT2D eigenvalue weighted by Gasteiger charge is -2.16. The standard InChI is InChI=1S/C16H17N3O2.C8H17NO2/c1-12-16-15(18-10-17-12)14(20-2)8-19(16)11-21-9-13-6-4-3-5-7-13;1-4-6-7(5-9)11-8(2,3)10-6/h3-8,10H,9,11H2,1-2H3;6-7H,4-5,9H2,1-3H3. The minimum atomic E-state index is -0.440. The Hall–Kier alpha value is -2.52. The summed E-state index contributed by atoms with van der Waals surface area (Å²) in [5.74, 6) is 0.295. The minimum absolute atomic E-state index is 0.0787. The van der Waals surface area contributed by atoms with Gasteiger partial charge in [0.1, 0.15) is 18.6 Å². The first-order chi connectivity index (χ1) is 15.4. The van der Waals surface area contributed by atoms with E-state index in [1.54, 1.807) is 13.4 Å². The largest absolute Gasteiger partial charge is 0.493 e. The predicted octanol–water partition coefficient (Wildman–Crippen LogP) is 3.80. The number of rotatable bonds is 7. The maximum Gasteiger partial charge on any atom is 0.163 e. The second-order valence-corrected chi connectivity index (χ2v) is 8.14. The molecule has 32 heavy (non-hydrogen) atoms. The summed E-state index contributed by atoms with van der Waals surface area (Å²) in [6.07, 6.45) is 4.67. The van der Waals surface area contributed by atoms with Gasteiger partial charge in [0, 0.05) is 6.54 Å². The molecule has 1 aliphatic heterocycles. The Balaban J connectivity index is 0.000000222. The molecular weight excluding hydrogens is 408 g/mol. The molecule has 0 spiro atoms. The summed E-state index contributed by atoms with van der Waals surface area (Å²) in [6.45, 7) is 9.42. The van der Waals surface area contributed by atoms with Gasteiger partial charge in [0.05, 0.1) is 43.3 Å². The lowest BCUT2D eigenvalue weighted by molar-refractivity contribution is -0.145. The van der Waals surface area contributed by atoms with E-state index in [1.807, 2.05) is 61.9 Å². The molecule has 1 fully saturated rings. The first-order valence-corrected chi connectivity index (χ1v) is 10.9. The molecule has 1 aromatic carbocycles. The first-order valence-electron chi connectivity index (χ1n) is 10.9. The minimum Gasteiger partial charge on any atom is -0.493 e. The first kappa shape index (κ1) is 24.1. The van der Waals surface area contributed by atoms with Crippen molar-refractivity contribution in [3.63, 3.8) is 0 Å². The lowest BCUT2D eigenvalue weighted by atomic mass is 10.1. The van der Waals surface area contributed by atoms with E-state index >= 15 is 0 Å². The highest BCUT2D eigenvalue weighted by Gasteiger charge is 2.39. The second kappa shape index (κ2) is 10.9. The fraction of sp³-hybridized carbons (Fsp3) is 0.500. The van der Waals surface area contributed by atoms with E-state index in [2.05, 4.69) is 16.9 Å². The Bertz CT molecular complexity index is 976. The third-order valence-corrected chi connectivity index (χ3v) is 5.28. The molecule has 4 rings (SSSR count). The average Bonchev–Trinajstić information content (AvgIpc) is 3.31. The zero-order valence-corrected chi connectivity index (χ0v) is 19.6. The van der Waals surface area contributed by atoms with Gasteiger partial charge >= 0.3 is 0 Å². The van der Waals surface area contributed by atoms with Crippen molar-refractivity contribution in [2.24, 2.45) is 5.73 Å². The number of nitrogens with zero attached hydrogens (tertiary/aromatic N) is 3. The van der Waals surface area contributed by atoms with E-state index in [4.69, 9.17) is 24.7 Å². The summed E-state index contributed by atoms with van der Waals surface area (Å²) in [6, 6.07) is 10.1. The number of methoxy groups -OCH3 is 1. The maximum atomic E-state index is 5.78. The summed E-state index contributed by atoms with van der Waals surface area (Å²) >= 11 is 0.